The van der Waals surface area contributed by atoms with Crippen molar-refractivity contribution in [1.82, 2.24) is 9.78 Å². The van der Waals surface area contributed by atoms with Gasteiger partial charge in [-0.05, 0) is 18.2 Å². The van der Waals surface area contributed by atoms with Gasteiger partial charge in [-0.1, -0.05) is 15.9 Å². The molecule has 0 radical (unpaired) electrons. The first-order valence-electron chi connectivity index (χ1n) is 4.41. The molecule has 1 heterocycles. The van der Waals surface area contributed by atoms with E-state index in [9.17, 15) is 0 Å². The number of ether oxygens (including phenoxy) is 1. The molecule has 0 spiro atoms. The van der Waals surface area contributed by atoms with Gasteiger partial charge in [0.1, 0.15) is 0 Å². The Morgan fingerprint density at radius 1 is 1.50 bits per heavy atom. The monoisotopic (exact) mass is 254 g/mol. The lowest BCUT2D eigenvalue weighted by Gasteiger charge is -2.01. The fourth-order valence-electron chi connectivity index (χ4n) is 1.41. The number of aromatic nitrogens is 2. The highest BCUT2D eigenvalue weighted by Gasteiger charge is 2.01. The van der Waals surface area contributed by atoms with Crippen LogP contribution >= 0.6 is 15.9 Å². The van der Waals surface area contributed by atoms with Crippen molar-refractivity contribution in [2.45, 2.75) is 6.54 Å². The first-order valence-corrected chi connectivity index (χ1v) is 5.20. The summed E-state index contributed by atoms with van der Waals surface area (Å²) in [6.45, 7) is 1.48. The third-order valence-corrected chi connectivity index (χ3v) is 2.60. The normalized spacial score (nSPS) is 11.0. The molecule has 0 atom stereocenters. The quantitative estimate of drug-likeness (QED) is 0.842. The highest BCUT2D eigenvalue weighted by molar-refractivity contribution is 9.10. The zero-order chi connectivity index (χ0) is 9.97. The van der Waals surface area contributed by atoms with Gasteiger partial charge in [0.2, 0.25) is 0 Å². The lowest BCUT2D eigenvalue weighted by molar-refractivity contribution is 0.185. The standard InChI is InChI=1S/C10H11BrN2O/c1-14-5-4-13-10-3-2-9(11)6-8(10)7-12-13/h2-3,6-7H,4-5H2,1H3. The SMILES string of the molecule is COCCn1ncc2cc(Br)ccc21. The first-order chi connectivity index (χ1) is 6.81. The average Bonchev–Trinajstić information content (AvgIpc) is 2.57. The van der Waals surface area contributed by atoms with Crippen LogP contribution in [0.3, 0.4) is 0 Å². The number of benzene rings is 1. The lowest BCUT2D eigenvalue weighted by atomic mass is 10.2. The molecule has 4 heteroatoms. The molecule has 2 aromatic rings. The van der Waals surface area contributed by atoms with Crippen molar-refractivity contribution in [1.29, 1.82) is 0 Å². The van der Waals surface area contributed by atoms with Crippen molar-refractivity contribution in [3.8, 4) is 0 Å². The second-order valence-electron chi connectivity index (χ2n) is 3.06. The van der Waals surface area contributed by atoms with E-state index in [1.54, 1.807) is 7.11 Å². The molecule has 1 aromatic carbocycles. The maximum absolute atomic E-state index is 5.02. The largest absolute Gasteiger partial charge is 0.383 e. The van der Waals surface area contributed by atoms with Crippen LogP contribution in [0, 0.1) is 0 Å². The highest BCUT2D eigenvalue weighted by Crippen LogP contribution is 2.19. The number of rotatable bonds is 3. The second kappa shape index (κ2) is 4.11. The third kappa shape index (κ3) is 1.81. The minimum atomic E-state index is 0.687. The van der Waals surface area contributed by atoms with Crippen LogP contribution < -0.4 is 0 Å². The molecule has 0 aliphatic carbocycles. The molecule has 0 aliphatic rings. The van der Waals surface area contributed by atoms with Crippen LogP contribution in [0.5, 0.6) is 0 Å². The Bertz CT molecular complexity index is 439. The average molecular weight is 255 g/mol. The Kier molecular flexibility index (Phi) is 2.84. The fraction of sp³-hybridized carbons (Fsp3) is 0.300. The summed E-state index contributed by atoms with van der Waals surface area (Å²) < 4.78 is 8.05. The smallest absolute Gasteiger partial charge is 0.0684 e. The van der Waals surface area contributed by atoms with Gasteiger partial charge in [0.15, 0.2) is 0 Å². The van der Waals surface area contributed by atoms with Gasteiger partial charge in [0, 0.05) is 17.0 Å². The van der Waals surface area contributed by atoms with Crippen molar-refractivity contribution < 1.29 is 4.74 Å². The van der Waals surface area contributed by atoms with Gasteiger partial charge in [0.05, 0.1) is 24.9 Å². The minimum absolute atomic E-state index is 0.687. The molecule has 1 aromatic heterocycles. The molecular formula is C10H11BrN2O. The van der Waals surface area contributed by atoms with Crippen molar-refractivity contribution in [2.75, 3.05) is 13.7 Å². The Labute approximate surface area is 90.8 Å². The van der Waals surface area contributed by atoms with E-state index in [0.717, 1.165) is 21.9 Å². The molecular weight excluding hydrogens is 244 g/mol. The first kappa shape index (κ1) is 9.68. The van der Waals surface area contributed by atoms with E-state index in [4.69, 9.17) is 4.74 Å². The predicted octanol–water partition coefficient (Wildman–Crippen LogP) is 2.45. The van der Waals surface area contributed by atoms with Crippen LogP contribution in [0.2, 0.25) is 0 Å². The number of halogens is 1. The molecule has 0 aliphatic heterocycles. The Morgan fingerprint density at radius 2 is 2.36 bits per heavy atom. The molecule has 0 saturated carbocycles. The van der Waals surface area contributed by atoms with Gasteiger partial charge in [-0.25, -0.2) is 0 Å². The van der Waals surface area contributed by atoms with E-state index in [1.807, 2.05) is 16.9 Å². The molecule has 3 nitrogen and oxygen atoms in total. The number of nitrogens with zero attached hydrogens (tertiary/aromatic N) is 2. The maximum atomic E-state index is 5.02. The van der Waals surface area contributed by atoms with Gasteiger partial charge < -0.3 is 4.74 Å². The van der Waals surface area contributed by atoms with Crippen LogP contribution in [0.15, 0.2) is 28.9 Å². The van der Waals surface area contributed by atoms with Gasteiger partial charge in [-0.2, -0.15) is 5.10 Å². The second-order valence-corrected chi connectivity index (χ2v) is 3.98. The van der Waals surface area contributed by atoms with Crippen LogP contribution in [0.1, 0.15) is 0 Å². The zero-order valence-corrected chi connectivity index (χ0v) is 9.49. The van der Waals surface area contributed by atoms with E-state index < -0.39 is 0 Å². The van der Waals surface area contributed by atoms with Crippen molar-refractivity contribution >= 4 is 26.8 Å². The summed E-state index contributed by atoms with van der Waals surface area (Å²) in [5.41, 5.74) is 1.14. The molecule has 2 rings (SSSR count). The number of hydrogen-bond acceptors (Lipinski definition) is 2. The van der Waals surface area contributed by atoms with E-state index >= 15 is 0 Å². The van der Waals surface area contributed by atoms with Crippen molar-refractivity contribution in [3.05, 3.63) is 28.9 Å². The van der Waals surface area contributed by atoms with Crippen molar-refractivity contribution in [2.24, 2.45) is 0 Å². The summed E-state index contributed by atoms with van der Waals surface area (Å²) in [6, 6.07) is 6.14. The number of methoxy groups -OCH3 is 1. The molecule has 0 fully saturated rings. The molecule has 0 amide bonds. The molecule has 0 unspecified atom stereocenters. The van der Waals surface area contributed by atoms with E-state index in [-0.39, 0.29) is 0 Å². The summed E-state index contributed by atoms with van der Waals surface area (Å²) in [4.78, 5) is 0. The Balaban J connectivity index is 2.37. The summed E-state index contributed by atoms with van der Waals surface area (Å²) in [5, 5.41) is 5.44. The summed E-state index contributed by atoms with van der Waals surface area (Å²) in [5.74, 6) is 0. The van der Waals surface area contributed by atoms with Crippen molar-refractivity contribution in [3.63, 3.8) is 0 Å². The van der Waals surface area contributed by atoms with E-state index in [0.29, 0.717) is 6.61 Å². The van der Waals surface area contributed by atoms with Crippen LogP contribution in [-0.2, 0) is 11.3 Å². The highest BCUT2D eigenvalue weighted by atomic mass is 79.9. The minimum Gasteiger partial charge on any atom is -0.383 e. The summed E-state index contributed by atoms with van der Waals surface area (Å²) >= 11 is 3.43. The Morgan fingerprint density at radius 3 is 3.14 bits per heavy atom. The zero-order valence-electron chi connectivity index (χ0n) is 7.90. The van der Waals surface area contributed by atoms with Gasteiger partial charge in [0.25, 0.3) is 0 Å². The van der Waals surface area contributed by atoms with Crippen LogP contribution in [0.25, 0.3) is 10.9 Å². The third-order valence-electron chi connectivity index (χ3n) is 2.11. The van der Waals surface area contributed by atoms with Gasteiger partial charge >= 0.3 is 0 Å². The van der Waals surface area contributed by atoms with E-state index in [1.165, 1.54) is 0 Å². The summed E-state index contributed by atoms with van der Waals surface area (Å²) in [7, 11) is 1.70. The fourth-order valence-corrected chi connectivity index (χ4v) is 1.79. The Hall–Kier alpha value is -0.870. The van der Waals surface area contributed by atoms with Crippen LogP contribution in [0.4, 0.5) is 0 Å². The maximum Gasteiger partial charge on any atom is 0.0684 e. The van der Waals surface area contributed by atoms with E-state index in [2.05, 4.69) is 33.2 Å². The molecule has 0 N–H and O–H groups in total. The topological polar surface area (TPSA) is 27.1 Å². The molecule has 0 bridgehead atoms. The molecule has 74 valence electrons. The van der Waals surface area contributed by atoms with Gasteiger partial charge in [-0.15, -0.1) is 0 Å². The number of hydrogen-bond donors (Lipinski definition) is 0. The van der Waals surface area contributed by atoms with Crippen LogP contribution in [-0.4, -0.2) is 23.5 Å². The molecule has 0 saturated heterocycles. The predicted molar refractivity (Wildman–Crippen MR) is 59.3 cm³/mol. The lowest BCUT2D eigenvalue weighted by Crippen LogP contribution is -2.05. The number of fused-ring (bicyclic) bond motifs is 1. The molecule has 14 heavy (non-hydrogen) atoms. The summed E-state index contributed by atoms with van der Waals surface area (Å²) in [6.07, 6.45) is 1.87. The van der Waals surface area contributed by atoms with Gasteiger partial charge in [-0.3, -0.25) is 4.68 Å².